The fourth-order valence-electron chi connectivity index (χ4n) is 4.09. The van der Waals surface area contributed by atoms with E-state index in [1.807, 2.05) is 26.8 Å². The number of fused-ring (bicyclic) bond motifs is 1. The number of hydrogen-bond acceptors (Lipinski definition) is 4. The summed E-state index contributed by atoms with van der Waals surface area (Å²) >= 11 is 0. The molecule has 1 atom stereocenters. The lowest BCUT2D eigenvalue weighted by Gasteiger charge is -2.34. The van der Waals surface area contributed by atoms with E-state index in [-0.39, 0.29) is 12.1 Å². The molecule has 0 spiro atoms. The Labute approximate surface area is 184 Å². The quantitative estimate of drug-likeness (QED) is 0.653. The van der Waals surface area contributed by atoms with E-state index in [0.29, 0.717) is 0 Å². The highest BCUT2D eigenvalue weighted by Crippen LogP contribution is 2.26. The number of anilines is 1. The van der Waals surface area contributed by atoms with Gasteiger partial charge in [0.2, 0.25) is 5.95 Å². The van der Waals surface area contributed by atoms with E-state index in [4.69, 9.17) is 9.72 Å². The van der Waals surface area contributed by atoms with E-state index < -0.39 is 5.60 Å². The third-order valence-corrected chi connectivity index (χ3v) is 5.52. The van der Waals surface area contributed by atoms with Gasteiger partial charge in [-0.25, -0.2) is 9.78 Å². The number of nitrogens with one attached hydrogen (secondary N) is 1. The molecule has 1 amide bonds. The zero-order valence-electron chi connectivity index (χ0n) is 18.9. The molecule has 1 aromatic heterocycles. The highest BCUT2D eigenvalue weighted by Gasteiger charge is 2.27. The van der Waals surface area contributed by atoms with Crippen molar-refractivity contribution in [2.75, 3.05) is 18.0 Å². The van der Waals surface area contributed by atoms with Crippen LogP contribution in [0, 0.1) is 6.92 Å². The lowest BCUT2D eigenvalue weighted by Crippen LogP contribution is -2.49. The average Bonchev–Trinajstić information content (AvgIpc) is 3.07. The number of imidazole rings is 1. The summed E-state index contributed by atoms with van der Waals surface area (Å²) in [5.74, 6) is 0.956. The monoisotopic (exact) mass is 420 g/mol. The fourth-order valence-corrected chi connectivity index (χ4v) is 4.09. The molecular weight excluding hydrogens is 388 g/mol. The van der Waals surface area contributed by atoms with Gasteiger partial charge in [-0.15, -0.1) is 0 Å². The van der Waals surface area contributed by atoms with Gasteiger partial charge < -0.3 is 19.5 Å². The third-order valence-electron chi connectivity index (χ3n) is 5.52. The van der Waals surface area contributed by atoms with Crippen molar-refractivity contribution in [2.24, 2.45) is 0 Å². The molecule has 3 aromatic rings. The summed E-state index contributed by atoms with van der Waals surface area (Å²) in [5.41, 5.74) is 4.12. The highest BCUT2D eigenvalue weighted by atomic mass is 16.6. The predicted octanol–water partition coefficient (Wildman–Crippen LogP) is 4.89. The van der Waals surface area contributed by atoms with Crippen molar-refractivity contribution in [1.82, 2.24) is 14.9 Å². The standard InChI is InChI=1S/C25H32N4O2/c1-18-11-13-19(14-12-18)16-29-22-10-6-5-9-21(22)27-23(29)28-15-7-8-20(17-28)26-24(30)31-25(2,3)4/h5-6,9-14,20H,7-8,15-17H2,1-4H3,(H,26,30)/t20-/m1/s1. The van der Waals surface area contributed by atoms with E-state index in [1.165, 1.54) is 11.1 Å². The molecule has 4 rings (SSSR count). The number of benzene rings is 2. The summed E-state index contributed by atoms with van der Waals surface area (Å²) in [6.45, 7) is 10.2. The number of piperidine rings is 1. The number of ether oxygens (including phenoxy) is 1. The number of nitrogens with zero attached hydrogens (tertiary/aromatic N) is 3. The number of rotatable bonds is 4. The van der Waals surface area contributed by atoms with Crippen LogP contribution in [0.1, 0.15) is 44.7 Å². The van der Waals surface area contributed by atoms with Crippen molar-refractivity contribution in [1.29, 1.82) is 0 Å². The summed E-state index contributed by atoms with van der Waals surface area (Å²) in [5, 5.41) is 3.04. The van der Waals surface area contributed by atoms with Gasteiger partial charge in [-0.3, -0.25) is 0 Å². The molecule has 31 heavy (non-hydrogen) atoms. The minimum atomic E-state index is -0.500. The van der Waals surface area contributed by atoms with Gasteiger partial charge in [0.05, 0.1) is 17.6 Å². The number of para-hydroxylation sites is 2. The maximum atomic E-state index is 12.3. The Bertz CT molecular complexity index is 1050. The van der Waals surface area contributed by atoms with Crippen LogP contribution in [0.25, 0.3) is 11.0 Å². The van der Waals surface area contributed by atoms with E-state index in [0.717, 1.165) is 49.5 Å². The van der Waals surface area contributed by atoms with Crippen LogP contribution in [0.3, 0.4) is 0 Å². The van der Waals surface area contributed by atoms with Crippen LogP contribution < -0.4 is 10.2 Å². The van der Waals surface area contributed by atoms with Crippen LogP contribution in [-0.4, -0.2) is 40.4 Å². The van der Waals surface area contributed by atoms with E-state index in [9.17, 15) is 4.79 Å². The minimum absolute atomic E-state index is 0.0382. The molecule has 1 aliphatic rings. The maximum absolute atomic E-state index is 12.3. The van der Waals surface area contributed by atoms with Gasteiger partial charge in [0.15, 0.2) is 0 Å². The minimum Gasteiger partial charge on any atom is -0.444 e. The second-order valence-electron chi connectivity index (χ2n) is 9.40. The SMILES string of the molecule is Cc1ccc(Cn2c(N3CCC[C@@H](NC(=O)OC(C)(C)C)C3)nc3ccccc32)cc1. The van der Waals surface area contributed by atoms with Gasteiger partial charge in [-0.2, -0.15) is 0 Å². The number of aromatic nitrogens is 2. The van der Waals surface area contributed by atoms with Crippen molar-refractivity contribution in [3.63, 3.8) is 0 Å². The second kappa shape index (κ2) is 8.61. The smallest absolute Gasteiger partial charge is 0.407 e. The van der Waals surface area contributed by atoms with Gasteiger partial charge in [0.1, 0.15) is 5.60 Å². The average molecular weight is 421 g/mol. The molecule has 0 saturated carbocycles. The molecule has 6 nitrogen and oxygen atoms in total. The van der Waals surface area contributed by atoms with Gasteiger partial charge in [0, 0.05) is 19.1 Å². The summed E-state index contributed by atoms with van der Waals surface area (Å²) in [6.07, 6.45) is 1.58. The lowest BCUT2D eigenvalue weighted by molar-refractivity contribution is 0.0500. The molecule has 0 aliphatic carbocycles. The van der Waals surface area contributed by atoms with Crippen molar-refractivity contribution < 1.29 is 9.53 Å². The first-order valence-corrected chi connectivity index (χ1v) is 11.0. The molecule has 1 saturated heterocycles. The fraction of sp³-hybridized carbons (Fsp3) is 0.440. The normalized spacial score (nSPS) is 17.0. The summed E-state index contributed by atoms with van der Waals surface area (Å²) in [7, 11) is 0. The highest BCUT2D eigenvalue weighted by molar-refractivity contribution is 5.79. The molecule has 1 N–H and O–H groups in total. The van der Waals surface area contributed by atoms with Gasteiger partial charge in [0.25, 0.3) is 0 Å². The molecule has 0 unspecified atom stereocenters. The summed E-state index contributed by atoms with van der Waals surface area (Å²) < 4.78 is 7.74. The first kappa shape index (κ1) is 21.2. The van der Waals surface area contributed by atoms with Crippen LogP contribution in [0.15, 0.2) is 48.5 Å². The van der Waals surface area contributed by atoms with E-state index in [1.54, 1.807) is 0 Å². The molecule has 2 heterocycles. The number of carbonyl (C=O) groups excluding carboxylic acids is 1. The van der Waals surface area contributed by atoms with E-state index in [2.05, 4.69) is 64.2 Å². The Hall–Kier alpha value is -3.02. The predicted molar refractivity (Wildman–Crippen MR) is 125 cm³/mol. The van der Waals surface area contributed by atoms with Gasteiger partial charge >= 0.3 is 6.09 Å². The Balaban J connectivity index is 1.58. The first-order chi connectivity index (χ1) is 14.8. The topological polar surface area (TPSA) is 59.4 Å². The van der Waals surface area contributed by atoms with Crippen molar-refractivity contribution >= 4 is 23.1 Å². The second-order valence-corrected chi connectivity index (χ2v) is 9.40. The number of alkyl carbamates (subject to hydrolysis) is 1. The molecule has 6 heteroatoms. The largest absolute Gasteiger partial charge is 0.444 e. The number of carbonyl (C=O) groups is 1. The third kappa shape index (κ3) is 5.19. The molecule has 164 valence electrons. The van der Waals surface area contributed by atoms with Crippen LogP contribution in [0.5, 0.6) is 0 Å². The molecule has 0 bridgehead atoms. The van der Waals surface area contributed by atoms with Crippen molar-refractivity contribution in [3.8, 4) is 0 Å². The number of aryl methyl sites for hydroxylation is 1. The van der Waals surface area contributed by atoms with Gasteiger partial charge in [-0.1, -0.05) is 42.0 Å². The molecule has 2 aromatic carbocycles. The van der Waals surface area contributed by atoms with Crippen LogP contribution in [0.4, 0.5) is 10.7 Å². The Morgan fingerprint density at radius 2 is 1.90 bits per heavy atom. The maximum Gasteiger partial charge on any atom is 0.407 e. The Morgan fingerprint density at radius 3 is 2.65 bits per heavy atom. The molecule has 1 fully saturated rings. The molecule has 0 radical (unpaired) electrons. The Kier molecular flexibility index (Phi) is 5.90. The zero-order chi connectivity index (χ0) is 22.0. The summed E-state index contributed by atoms with van der Waals surface area (Å²) in [6, 6.07) is 17.0. The zero-order valence-corrected chi connectivity index (χ0v) is 18.9. The van der Waals surface area contributed by atoms with Crippen LogP contribution >= 0.6 is 0 Å². The molecular formula is C25H32N4O2. The number of hydrogen-bond donors (Lipinski definition) is 1. The van der Waals surface area contributed by atoms with Gasteiger partial charge in [-0.05, 0) is 58.2 Å². The lowest BCUT2D eigenvalue weighted by atomic mass is 10.1. The Morgan fingerprint density at radius 1 is 1.16 bits per heavy atom. The van der Waals surface area contributed by atoms with Crippen molar-refractivity contribution in [2.45, 2.75) is 58.7 Å². The van der Waals surface area contributed by atoms with Crippen LogP contribution in [0.2, 0.25) is 0 Å². The van der Waals surface area contributed by atoms with E-state index >= 15 is 0 Å². The van der Waals surface area contributed by atoms with Crippen LogP contribution in [-0.2, 0) is 11.3 Å². The van der Waals surface area contributed by atoms with Crippen molar-refractivity contribution in [3.05, 3.63) is 59.7 Å². The molecule has 1 aliphatic heterocycles. The first-order valence-electron chi connectivity index (χ1n) is 11.0. The number of amides is 1. The summed E-state index contributed by atoms with van der Waals surface area (Å²) in [4.78, 5) is 19.5.